The number of aliphatic carboxylic acids is 1. The highest BCUT2D eigenvalue weighted by Gasteiger charge is 2.38. The quantitative estimate of drug-likeness (QED) is 0.696. The second kappa shape index (κ2) is 6.67. The first-order valence-electron chi connectivity index (χ1n) is 7.72. The van der Waals surface area contributed by atoms with Crippen LogP contribution in [0.4, 0.5) is 4.39 Å². The molecule has 0 aliphatic rings. The Bertz CT molecular complexity index is 772. The van der Waals surface area contributed by atoms with E-state index in [2.05, 4.69) is 0 Å². The molecule has 1 N–H and O–H groups in total. The lowest BCUT2D eigenvalue weighted by molar-refractivity contribution is -0.137. The molecule has 2 nitrogen and oxygen atoms in total. The highest BCUT2D eigenvalue weighted by molar-refractivity contribution is 5.72. The molecule has 0 aromatic heterocycles. The van der Waals surface area contributed by atoms with Gasteiger partial charge in [0.05, 0.1) is 11.8 Å². The van der Waals surface area contributed by atoms with Crippen LogP contribution in [0.25, 0.3) is 0 Å². The van der Waals surface area contributed by atoms with Crippen LogP contribution >= 0.6 is 0 Å². The molecule has 0 spiro atoms. The summed E-state index contributed by atoms with van der Waals surface area (Å²) in [7, 11) is 0. The molecule has 0 atom stereocenters. The Kier molecular flexibility index (Phi) is 4.43. The zero-order valence-corrected chi connectivity index (χ0v) is 13.0. The number of carboxylic acids is 1. The molecule has 120 valence electrons. The number of rotatable bonds is 5. The number of benzene rings is 3. The van der Waals surface area contributed by atoms with Crippen LogP contribution in [0.15, 0.2) is 84.9 Å². The van der Waals surface area contributed by atoms with Gasteiger partial charge in [-0.05, 0) is 28.8 Å². The van der Waals surface area contributed by atoms with E-state index >= 15 is 0 Å². The van der Waals surface area contributed by atoms with Crippen molar-refractivity contribution < 1.29 is 14.3 Å². The average molecular weight is 320 g/mol. The number of halogens is 1. The van der Waals surface area contributed by atoms with E-state index in [4.69, 9.17) is 0 Å². The Morgan fingerprint density at radius 1 is 0.750 bits per heavy atom. The SMILES string of the molecule is O=C(O)CC(c1ccccc1)(c1ccccc1)c1ccc(F)cc1. The molecule has 0 unspecified atom stereocenters. The Morgan fingerprint density at radius 3 is 1.58 bits per heavy atom. The fourth-order valence-electron chi connectivity index (χ4n) is 3.21. The molecule has 0 bridgehead atoms. The maximum atomic E-state index is 13.4. The smallest absolute Gasteiger partial charge is 0.304 e. The lowest BCUT2D eigenvalue weighted by atomic mass is 9.67. The topological polar surface area (TPSA) is 37.3 Å². The van der Waals surface area contributed by atoms with E-state index in [1.807, 2.05) is 60.7 Å². The third-order valence-electron chi connectivity index (χ3n) is 4.29. The number of carboxylic acid groups (broad SMARTS) is 1. The first kappa shape index (κ1) is 15.9. The summed E-state index contributed by atoms with van der Waals surface area (Å²) in [4.78, 5) is 11.7. The van der Waals surface area contributed by atoms with Crippen LogP contribution in [0.3, 0.4) is 0 Å². The maximum absolute atomic E-state index is 13.4. The summed E-state index contributed by atoms with van der Waals surface area (Å²) in [6.45, 7) is 0. The van der Waals surface area contributed by atoms with Crippen molar-refractivity contribution in [2.75, 3.05) is 0 Å². The van der Waals surface area contributed by atoms with Crippen LogP contribution in [-0.2, 0) is 10.2 Å². The summed E-state index contributed by atoms with van der Waals surface area (Å²) in [6, 6.07) is 25.1. The predicted octanol–water partition coefficient (Wildman–Crippen LogP) is 4.63. The van der Waals surface area contributed by atoms with E-state index in [9.17, 15) is 14.3 Å². The fraction of sp³-hybridized carbons (Fsp3) is 0.0952. The normalized spacial score (nSPS) is 11.2. The van der Waals surface area contributed by atoms with Gasteiger partial charge in [-0.25, -0.2) is 4.39 Å². The number of hydrogen-bond acceptors (Lipinski definition) is 1. The molecule has 0 aliphatic carbocycles. The lowest BCUT2D eigenvalue weighted by Crippen LogP contribution is -2.32. The third-order valence-corrected chi connectivity index (χ3v) is 4.29. The summed E-state index contributed by atoms with van der Waals surface area (Å²) in [5.74, 6) is -1.25. The summed E-state index contributed by atoms with van der Waals surface area (Å²) in [5, 5.41) is 9.61. The van der Waals surface area contributed by atoms with E-state index in [-0.39, 0.29) is 12.2 Å². The van der Waals surface area contributed by atoms with Crippen molar-refractivity contribution in [3.05, 3.63) is 107 Å². The van der Waals surface area contributed by atoms with Gasteiger partial charge in [-0.15, -0.1) is 0 Å². The lowest BCUT2D eigenvalue weighted by Gasteiger charge is -2.34. The third kappa shape index (κ3) is 2.93. The van der Waals surface area contributed by atoms with Crippen LogP contribution < -0.4 is 0 Å². The van der Waals surface area contributed by atoms with E-state index in [0.717, 1.165) is 16.7 Å². The van der Waals surface area contributed by atoms with Crippen LogP contribution in [-0.4, -0.2) is 11.1 Å². The summed E-state index contributed by atoms with van der Waals surface area (Å²) < 4.78 is 13.4. The first-order valence-corrected chi connectivity index (χ1v) is 7.72. The molecule has 0 heterocycles. The minimum absolute atomic E-state index is 0.118. The van der Waals surface area contributed by atoms with Gasteiger partial charge in [0.25, 0.3) is 0 Å². The Morgan fingerprint density at radius 2 is 1.17 bits per heavy atom. The van der Waals surface area contributed by atoms with Gasteiger partial charge < -0.3 is 5.11 Å². The van der Waals surface area contributed by atoms with Gasteiger partial charge in [0, 0.05) is 0 Å². The molecule has 0 fully saturated rings. The summed E-state index contributed by atoms with van der Waals surface area (Å²) >= 11 is 0. The van der Waals surface area contributed by atoms with Gasteiger partial charge in [0.15, 0.2) is 0 Å². The van der Waals surface area contributed by atoms with Gasteiger partial charge >= 0.3 is 5.97 Å². The van der Waals surface area contributed by atoms with Gasteiger partial charge in [-0.2, -0.15) is 0 Å². The van der Waals surface area contributed by atoms with E-state index in [1.165, 1.54) is 12.1 Å². The minimum Gasteiger partial charge on any atom is -0.481 e. The van der Waals surface area contributed by atoms with Crippen molar-refractivity contribution in [1.29, 1.82) is 0 Å². The highest BCUT2D eigenvalue weighted by Crippen LogP contribution is 2.42. The van der Waals surface area contributed by atoms with E-state index < -0.39 is 11.4 Å². The Balaban J connectivity index is 2.32. The van der Waals surface area contributed by atoms with Crippen molar-refractivity contribution in [2.45, 2.75) is 11.8 Å². The molecule has 0 radical (unpaired) electrons. The zero-order chi connectivity index (χ0) is 17.0. The largest absolute Gasteiger partial charge is 0.481 e. The standard InChI is InChI=1S/C21H17FO2/c22-19-13-11-18(12-14-19)21(15-20(23)24,16-7-3-1-4-8-16)17-9-5-2-6-10-17/h1-14H,15H2,(H,23,24). The molecular weight excluding hydrogens is 303 g/mol. The van der Waals surface area contributed by atoms with Crippen molar-refractivity contribution in [3.8, 4) is 0 Å². The van der Waals surface area contributed by atoms with Crippen molar-refractivity contribution in [3.63, 3.8) is 0 Å². The van der Waals surface area contributed by atoms with E-state index in [0.29, 0.717) is 0 Å². The van der Waals surface area contributed by atoms with Crippen LogP contribution in [0, 0.1) is 5.82 Å². The molecule has 3 aromatic carbocycles. The number of carbonyl (C=O) groups is 1. The zero-order valence-electron chi connectivity index (χ0n) is 13.0. The first-order chi connectivity index (χ1) is 11.6. The molecular formula is C21H17FO2. The van der Waals surface area contributed by atoms with Gasteiger partial charge in [-0.3, -0.25) is 4.79 Å². The van der Waals surface area contributed by atoms with Gasteiger partial charge in [-0.1, -0.05) is 72.8 Å². The van der Waals surface area contributed by atoms with Crippen LogP contribution in [0.5, 0.6) is 0 Å². The van der Waals surface area contributed by atoms with Crippen molar-refractivity contribution >= 4 is 5.97 Å². The maximum Gasteiger partial charge on any atom is 0.304 e. The monoisotopic (exact) mass is 320 g/mol. The van der Waals surface area contributed by atoms with Crippen molar-refractivity contribution in [1.82, 2.24) is 0 Å². The molecule has 0 amide bonds. The van der Waals surface area contributed by atoms with Crippen LogP contribution in [0.1, 0.15) is 23.1 Å². The average Bonchev–Trinajstić information content (AvgIpc) is 2.62. The Labute approximate surface area is 140 Å². The van der Waals surface area contributed by atoms with Gasteiger partial charge in [0.1, 0.15) is 5.82 Å². The van der Waals surface area contributed by atoms with Crippen LogP contribution in [0.2, 0.25) is 0 Å². The molecule has 0 saturated carbocycles. The highest BCUT2D eigenvalue weighted by atomic mass is 19.1. The summed E-state index contributed by atoms with van der Waals surface area (Å²) in [5.41, 5.74) is 1.61. The molecule has 24 heavy (non-hydrogen) atoms. The molecule has 3 aromatic rings. The minimum atomic E-state index is -0.910. The second-order valence-electron chi connectivity index (χ2n) is 5.71. The predicted molar refractivity (Wildman–Crippen MR) is 91.4 cm³/mol. The van der Waals surface area contributed by atoms with Crippen molar-refractivity contribution in [2.24, 2.45) is 0 Å². The number of hydrogen-bond donors (Lipinski definition) is 1. The molecule has 0 saturated heterocycles. The molecule has 3 rings (SSSR count). The summed E-state index contributed by atoms with van der Waals surface area (Å²) in [6.07, 6.45) is -0.118. The van der Waals surface area contributed by atoms with E-state index in [1.54, 1.807) is 12.1 Å². The fourth-order valence-corrected chi connectivity index (χ4v) is 3.21. The molecule has 0 aliphatic heterocycles. The van der Waals surface area contributed by atoms with Gasteiger partial charge in [0.2, 0.25) is 0 Å². The molecule has 3 heteroatoms. The second-order valence-corrected chi connectivity index (χ2v) is 5.71. The Hall–Kier alpha value is -2.94.